The Balaban J connectivity index is 1.71. The van der Waals surface area contributed by atoms with Crippen LogP contribution in [0.15, 0.2) is 36.5 Å². The molecule has 1 fully saturated rings. The number of nitrogens with zero attached hydrogens (tertiary/aromatic N) is 3. The summed E-state index contributed by atoms with van der Waals surface area (Å²) in [6.07, 6.45) is 3.16. The number of aliphatic hydroxyl groups is 1. The summed E-state index contributed by atoms with van der Waals surface area (Å²) in [5.74, 6) is -0.427. The minimum Gasteiger partial charge on any atom is -0.393 e. The molecule has 0 aliphatic carbocycles. The molecule has 6 heteroatoms. The Kier molecular flexibility index (Phi) is 5.48. The van der Waals surface area contributed by atoms with Crippen LogP contribution >= 0.6 is 0 Å². The van der Waals surface area contributed by atoms with E-state index in [-0.39, 0.29) is 17.6 Å². The average Bonchev–Trinajstić information content (AvgIpc) is 3.05. The Labute approximate surface area is 147 Å². The number of halogens is 1. The summed E-state index contributed by atoms with van der Waals surface area (Å²) in [6.45, 7) is 3.74. The molecule has 0 radical (unpaired) electrons. The number of rotatable bonds is 5. The van der Waals surface area contributed by atoms with Crippen LogP contribution in [0.1, 0.15) is 35.8 Å². The van der Waals surface area contributed by atoms with Crippen molar-refractivity contribution in [2.75, 3.05) is 13.1 Å². The Hall–Kier alpha value is -2.21. The predicted octanol–water partition coefficient (Wildman–Crippen LogP) is 2.50. The van der Waals surface area contributed by atoms with Crippen LogP contribution in [-0.4, -0.2) is 44.9 Å². The number of piperidine rings is 1. The van der Waals surface area contributed by atoms with Gasteiger partial charge >= 0.3 is 0 Å². The van der Waals surface area contributed by atoms with E-state index in [0.29, 0.717) is 38.2 Å². The maximum Gasteiger partial charge on any atom is 0.272 e. The van der Waals surface area contributed by atoms with E-state index in [1.165, 1.54) is 12.1 Å². The van der Waals surface area contributed by atoms with Crippen LogP contribution < -0.4 is 0 Å². The van der Waals surface area contributed by atoms with Gasteiger partial charge in [0.1, 0.15) is 11.5 Å². The van der Waals surface area contributed by atoms with Crippen LogP contribution in [0.3, 0.4) is 0 Å². The molecule has 2 aromatic rings. The van der Waals surface area contributed by atoms with Crippen molar-refractivity contribution in [3.8, 4) is 0 Å². The lowest BCUT2D eigenvalue weighted by Crippen LogP contribution is -2.47. The Morgan fingerprint density at radius 2 is 2.24 bits per heavy atom. The van der Waals surface area contributed by atoms with Crippen molar-refractivity contribution in [2.45, 2.75) is 38.8 Å². The molecule has 2 heterocycles. The Morgan fingerprint density at radius 3 is 3.00 bits per heavy atom. The summed E-state index contributed by atoms with van der Waals surface area (Å²) in [7, 11) is 0. The topological polar surface area (TPSA) is 58.4 Å². The maximum absolute atomic E-state index is 13.4. The number of carbonyl (C=O) groups is 1. The minimum atomic E-state index is -0.479. The number of carbonyl (C=O) groups excluding carboxylic acids is 1. The number of aromatic nitrogens is 2. The summed E-state index contributed by atoms with van der Waals surface area (Å²) < 4.78 is 15.1. The third-order valence-electron chi connectivity index (χ3n) is 4.74. The van der Waals surface area contributed by atoms with E-state index in [2.05, 4.69) is 5.10 Å². The van der Waals surface area contributed by atoms with Crippen molar-refractivity contribution in [3.63, 3.8) is 0 Å². The zero-order chi connectivity index (χ0) is 17.8. The van der Waals surface area contributed by atoms with Gasteiger partial charge in [-0.25, -0.2) is 4.39 Å². The van der Waals surface area contributed by atoms with Gasteiger partial charge in [0.25, 0.3) is 5.91 Å². The molecule has 1 aliphatic rings. The zero-order valence-electron chi connectivity index (χ0n) is 14.4. The van der Waals surface area contributed by atoms with E-state index in [1.54, 1.807) is 27.9 Å². The van der Waals surface area contributed by atoms with Gasteiger partial charge in [-0.3, -0.25) is 9.48 Å². The molecule has 0 spiro atoms. The van der Waals surface area contributed by atoms with Gasteiger partial charge in [0, 0.05) is 31.7 Å². The van der Waals surface area contributed by atoms with E-state index in [1.807, 2.05) is 13.0 Å². The molecule has 0 unspecified atom stereocenters. The maximum atomic E-state index is 13.4. The van der Waals surface area contributed by atoms with Crippen molar-refractivity contribution < 1.29 is 14.3 Å². The van der Waals surface area contributed by atoms with Gasteiger partial charge in [-0.15, -0.1) is 0 Å². The molecule has 25 heavy (non-hydrogen) atoms. The van der Waals surface area contributed by atoms with E-state index < -0.39 is 6.10 Å². The highest BCUT2D eigenvalue weighted by Crippen LogP contribution is 2.23. The van der Waals surface area contributed by atoms with Crippen LogP contribution in [0.5, 0.6) is 0 Å². The van der Waals surface area contributed by atoms with Crippen molar-refractivity contribution in [3.05, 3.63) is 53.6 Å². The lowest BCUT2D eigenvalue weighted by Gasteiger charge is -2.36. The Bertz CT molecular complexity index is 731. The van der Waals surface area contributed by atoms with Crippen LogP contribution in [0.2, 0.25) is 0 Å². The van der Waals surface area contributed by atoms with Crippen LogP contribution in [0, 0.1) is 11.7 Å². The van der Waals surface area contributed by atoms with E-state index in [9.17, 15) is 14.3 Å². The van der Waals surface area contributed by atoms with E-state index >= 15 is 0 Å². The van der Waals surface area contributed by atoms with Crippen molar-refractivity contribution >= 4 is 5.91 Å². The number of aliphatic hydroxyl groups excluding tert-OH is 1. The summed E-state index contributed by atoms with van der Waals surface area (Å²) in [5, 5.41) is 14.5. The van der Waals surface area contributed by atoms with Crippen LogP contribution in [-0.2, 0) is 13.0 Å². The fourth-order valence-corrected chi connectivity index (χ4v) is 3.44. The Morgan fingerprint density at radius 1 is 1.40 bits per heavy atom. The molecule has 1 amide bonds. The SMILES string of the molecule is CCCn1nccc1C(=O)N1CC[C@@H](O)[C@H](Cc2cccc(F)c2)C1. The normalized spacial score (nSPS) is 20.7. The molecule has 0 bridgehead atoms. The molecule has 1 N–H and O–H groups in total. The molecule has 0 saturated carbocycles. The van der Waals surface area contributed by atoms with Gasteiger partial charge in [-0.2, -0.15) is 5.10 Å². The first-order valence-corrected chi connectivity index (χ1v) is 8.82. The number of hydrogen-bond donors (Lipinski definition) is 1. The summed E-state index contributed by atoms with van der Waals surface area (Å²) in [4.78, 5) is 14.6. The van der Waals surface area contributed by atoms with Crippen molar-refractivity contribution in [2.24, 2.45) is 5.92 Å². The molecule has 2 atom stereocenters. The second-order valence-electron chi connectivity index (χ2n) is 6.64. The minimum absolute atomic E-state index is 0.0536. The molecule has 1 saturated heterocycles. The lowest BCUT2D eigenvalue weighted by molar-refractivity contribution is 0.0234. The number of hydrogen-bond acceptors (Lipinski definition) is 3. The number of benzene rings is 1. The van der Waals surface area contributed by atoms with Crippen LogP contribution in [0.4, 0.5) is 4.39 Å². The molecule has 134 valence electrons. The van der Waals surface area contributed by atoms with Gasteiger partial charge in [-0.1, -0.05) is 19.1 Å². The first-order valence-electron chi connectivity index (χ1n) is 8.82. The first kappa shape index (κ1) is 17.6. The zero-order valence-corrected chi connectivity index (χ0v) is 14.4. The third kappa shape index (κ3) is 4.07. The fourth-order valence-electron chi connectivity index (χ4n) is 3.44. The highest BCUT2D eigenvalue weighted by molar-refractivity contribution is 5.92. The van der Waals surface area contributed by atoms with E-state index in [4.69, 9.17) is 0 Å². The standard InChI is InChI=1S/C19H24FN3O2/c1-2-9-23-17(6-8-21-23)19(25)22-10-7-18(24)15(13-22)11-14-4-3-5-16(20)12-14/h3-6,8,12,15,18,24H,2,7,9-11,13H2,1H3/t15-,18-/m1/s1. The van der Waals surface area contributed by atoms with Crippen molar-refractivity contribution in [1.29, 1.82) is 0 Å². The van der Waals surface area contributed by atoms with Gasteiger partial charge in [0.05, 0.1) is 6.10 Å². The second-order valence-corrected chi connectivity index (χ2v) is 6.64. The quantitative estimate of drug-likeness (QED) is 0.906. The molecular weight excluding hydrogens is 321 g/mol. The second kappa shape index (κ2) is 7.78. The van der Waals surface area contributed by atoms with Crippen LogP contribution in [0.25, 0.3) is 0 Å². The van der Waals surface area contributed by atoms with Gasteiger partial charge in [0.15, 0.2) is 0 Å². The highest BCUT2D eigenvalue weighted by atomic mass is 19.1. The first-order chi connectivity index (χ1) is 12.1. The largest absolute Gasteiger partial charge is 0.393 e. The molecule has 3 rings (SSSR count). The van der Waals surface area contributed by atoms with Gasteiger partial charge in [-0.05, 0) is 43.0 Å². The molecule has 1 aromatic carbocycles. The highest BCUT2D eigenvalue weighted by Gasteiger charge is 2.31. The summed E-state index contributed by atoms with van der Waals surface area (Å²) >= 11 is 0. The van der Waals surface area contributed by atoms with E-state index in [0.717, 1.165) is 12.0 Å². The summed E-state index contributed by atoms with van der Waals surface area (Å²) in [5.41, 5.74) is 1.43. The molecular formula is C19H24FN3O2. The summed E-state index contributed by atoms with van der Waals surface area (Å²) in [6, 6.07) is 8.17. The molecule has 5 nitrogen and oxygen atoms in total. The number of likely N-dealkylation sites (tertiary alicyclic amines) is 1. The predicted molar refractivity (Wildman–Crippen MR) is 92.6 cm³/mol. The fraction of sp³-hybridized carbons (Fsp3) is 0.474. The monoisotopic (exact) mass is 345 g/mol. The third-order valence-corrected chi connectivity index (χ3v) is 4.74. The smallest absolute Gasteiger partial charge is 0.272 e. The van der Waals surface area contributed by atoms with Gasteiger partial charge in [0.2, 0.25) is 0 Å². The molecule has 1 aliphatic heterocycles. The number of amides is 1. The number of aryl methyl sites for hydroxylation is 1. The molecule has 1 aromatic heterocycles. The lowest BCUT2D eigenvalue weighted by atomic mass is 9.88. The van der Waals surface area contributed by atoms with Crippen molar-refractivity contribution in [1.82, 2.24) is 14.7 Å². The average molecular weight is 345 g/mol. The van der Waals surface area contributed by atoms with Gasteiger partial charge < -0.3 is 10.0 Å².